The van der Waals surface area contributed by atoms with Gasteiger partial charge in [0.05, 0.1) is 18.4 Å². The van der Waals surface area contributed by atoms with Crippen LogP contribution in [0.1, 0.15) is 27.0 Å². The van der Waals surface area contributed by atoms with E-state index in [2.05, 4.69) is 22.1 Å². The highest BCUT2D eigenvalue weighted by molar-refractivity contribution is 6.36. The van der Waals surface area contributed by atoms with Crippen LogP contribution in [0.25, 0.3) is 6.08 Å². The molecule has 2 heterocycles. The van der Waals surface area contributed by atoms with Gasteiger partial charge in [-0.2, -0.15) is 0 Å². The Morgan fingerprint density at radius 2 is 2.00 bits per heavy atom. The number of carbonyl (C=O) groups is 2. The first-order chi connectivity index (χ1) is 15.0. The van der Waals surface area contributed by atoms with Crippen molar-refractivity contribution in [3.05, 3.63) is 93.6 Å². The van der Waals surface area contributed by atoms with Crippen molar-refractivity contribution >= 4 is 35.1 Å². The molecule has 4 rings (SSSR count). The number of rotatable bonds is 3. The monoisotopic (exact) mass is 428 g/mol. The lowest BCUT2D eigenvalue weighted by Crippen LogP contribution is -2.27. The normalized spacial score (nSPS) is 13.8. The number of ketones is 1. The van der Waals surface area contributed by atoms with Crippen molar-refractivity contribution in [3.63, 3.8) is 0 Å². The standard InChI is InChI=1S/C25H17ClN2O3/c1-31-23-15-17(10-11-27-23)5-2-4-16-8-9-22-20(13-16)24(29)21(25(30)28-22)14-18-6-3-7-19(26)12-18/h3,6-15H,5H2,1H3,(H,28,30)/b21-14+. The average molecular weight is 429 g/mol. The number of benzene rings is 2. The highest BCUT2D eigenvalue weighted by atomic mass is 35.5. The fourth-order valence-electron chi connectivity index (χ4n) is 3.17. The SMILES string of the molecule is COc1cc(CC#Cc2ccc3c(c2)C(=O)/C(=C\c2cccc(Cl)c2)C(=O)N3)ccn1. The first-order valence-electron chi connectivity index (χ1n) is 9.48. The van der Waals surface area contributed by atoms with E-state index in [1.165, 1.54) is 0 Å². The molecule has 0 atom stereocenters. The molecule has 6 heteroatoms. The molecule has 0 unspecified atom stereocenters. The Balaban J connectivity index is 1.59. The largest absolute Gasteiger partial charge is 0.481 e. The molecule has 0 bridgehead atoms. The van der Waals surface area contributed by atoms with Gasteiger partial charge in [0.2, 0.25) is 11.7 Å². The molecular weight excluding hydrogens is 412 g/mol. The first-order valence-corrected chi connectivity index (χ1v) is 9.86. The minimum absolute atomic E-state index is 0.0590. The topological polar surface area (TPSA) is 68.3 Å². The smallest absolute Gasteiger partial charge is 0.259 e. The van der Waals surface area contributed by atoms with Crippen LogP contribution in [0.5, 0.6) is 5.88 Å². The van der Waals surface area contributed by atoms with E-state index in [-0.39, 0.29) is 11.4 Å². The molecule has 0 saturated heterocycles. The zero-order chi connectivity index (χ0) is 21.8. The Labute approximate surface area is 184 Å². The van der Waals surface area contributed by atoms with E-state index < -0.39 is 5.91 Å². The number of ether oxygens (including phenoxy) is 1. The summed E-state index contributed by atoms with van der Waals surface area (Å²) in [6.45, 7) is 0. The van der Waals surface area contributed by atoms with Crippen LogP contribution >= 0.6 is 11.6 Å². The van der Waals surface area contributed by atoms with Gasteiger partial charge in [0.15, 0.2) is 0 Å². The van der Waals surface area contributed by atoms with Crippen LogP contribution in [0, 0.1) is 11.8 Å². The van der Waals surface area contributed by atoms with Crippen molar-refractivity contribution in [2.45, 2.75) is 6.42 Å². The van der Waals surface area contributed by atoms with E-state index >= 15 is 0 Å². The maximum Gasteiger partial charge on any atom is 0.259 e. The molecule has 0 spiro atoms. The predicted octanol–water partition coefficient (Wildman–Crippen LogP) is 4.56. The number of amides is 1. The van der Waals surface area contributed by atoms with Crippen molar-refractivity contribution in [2.24, 2.45) is 0 Å². The molecule has 1 aliphatic heterocycles. The van der Waals surface area contributed by atoms with E-state index in [1.807, 2.05) is 12.1 Å². The number of nitrogens with one attached hydrogen (secondary N) is 1. The summed E-state index contributed by atoms with van der Waals surface area (Å²) in [4.78, 5) is 29.5. The fraction of sp³-hybridized carbons (Fsp3) is 0.0800. The van der Waals surface area contributed by atoms with Gasteiger partial charge in [-0.25, -0.2) is 4.98 Å². The zero-order valence-electron chi connectivity index (χ0n) is 16.6. The van der Waals surface area contributed by atoms with E-state index in [9.17, 15) is 9.59 Å². The number of methoxy groups -OCH3 is 1. The number of aromatic nitrogens is 1. The summed E-state index contributed by atoms with van der Waals surface area (Å²) in [5.74, 6) is 5.91. The van der Waals surface area contributed by atoms with Crippen LogP contribution in [-0.2, 0) is 11.2 Å². The molecule has 1 amide bonds. The van der Waals surface area contributed by atoms with Crippen LogP contribution in [-0.4, -0.2) is 23.8 Å². The predicted molar refractivity (Wildman–Crippen MR) is 120 cm³/mol. The average Bonchev–Trinajstić information content (AvgIpc) is 2.77. The molecule has 0 fully saturated rings. The van der Waals surface area contributed by atoms with E-state index in [1.54, 1.807) is 61.8 Å². The summed E-state index contributed by atoms with van der Waals surface area (Å²) in [7, 11) is 1.57. The van der Waals surface area contributed by atoms with Crippen molar-refractivity contribution in [3.8, 4) is 17.7 Å². The van der Waals surface area contributed by atoms with Crippen LogP contribution in [0.3, 0.4) is 0 Å². The molecule has 0 aliphatic carbocycles. The zero-order valence-corrected chi connectivity index (χ0v) is 17.4. The van der Waals surface area contributed by atoms with Crippen molar-refractivity contribution in [2.75, 3.05) is 12.4 Å². The van der Waals surface area contributed by atoms with Gasteiger partial charge in [0.25, 0.3) is 5.91 Å². The summed E-state index contributed by atoms with van der Waals surface area (Å²) in [5, 5.41) is 3.30. The summed E-state index contributed by atoms with van der Waals surface area (Å²) >= 11 is 6.01. The Bertz CT molecular complexity index is 1290. The summed E-state index contributed by atoms with van der Waals surface area (Å²) in [5.41, 5.74) is 3.29. The molecule has 1 aromatic heterocycles. The number of pyridine rings is 1. The third kappa shape index (κ3) is 4.66. The second-order valence-corrected chi connectivity index (χ2v) is 7.28. The van der Waals surface area contributed by atoms with Gasteiger partial charge in [0.1, 0.15) is 0 Å². The van der Waals surface area contributed by atoms with E-state index in [4.69, 9.17) is 16.3 Å². The highest BCUT2D eigenvalue weighted by Gasteiger charge is 2.28. The second-order valence-electron chi connectivity index (χ2n) is 6.84. The molecule has 2 aromatic carbocycles. The number of Topliss-reactive ketones (excluding diaryl/α,β-unsaturated/α-hetero) is 1. The van der Waals surface area contributed by atoms with Crippen LogP contribution in [0.15, 0.2) is 66.4 Å². The molecule has 0 saturated carbocycles. The number of hydrogen-bond donors (Lipinski definition) is 1. The van der Waals surface area contributed by atoms with Gasteiger partial charge >= 0.3 is 0 Å². The molecule has 31 heavy (non-hydrogen) atoms. The molecule has 1 N–H and O–H groups in total. The first kappa shape index (κ1) is 20.4. The fourth-order valence-corrected chi connectivity index (χ4v) is 3.37. The van der Waals surface area contributed by atoms with Crippen LogP contribution in [0.4, 0.5) is 5.69 Å². The summed E-state index contributed by atoms with van der Waals surface area (Å²) < 4.78 is 5.12. The lowest BCUT2D eigenvalue weighted by molar-refractivity contribution is -0.112. The van der Waals surface area contributed by atoms with Gasteiger partial charge in [-0.05, 0) is 53.6 Å². The van der Waals surface area contributed by atoms with Gasteiger partial charge < -0.3 is 10.1 Å². The number of fused-ring (bicyclic) bond motifs is 1. The highest BCUT2D eigenvalue weighted by Crippen LogP contribution is 2.28. The number of nitrogens with zero attached hydrogens (tertiary/aromatic N) is 1. The van der Waals surface area contributed by atoms with Crippen molar-refractivity contribution in [1.29, 1.82) is 0 Å². The van der Waals surface area contributed by atoms with Crippen LogP contribution in [0.2, 0.25) is 5.02 Å². The maximum atomic E-state index is 13.0. The van der Waals surface area contributed by atoms with Crippen LogP contribution < -0.4 is 10.1 Å². The third-order valence-electron chi connectivity index (χ3n) is 4.69. The third-order valence-corrected chi connectivity index (χ3v) is 4.93. The van der Waals surface area contributed by atoms with Gasteiger partial charge in [-0.15, -0.1) is 0 Å². The summed E-state index contributed by atoms with van der Waals surface area (Å²) in [6, 6.07) is 15.8. The Hall–Kier alpha value is -3.88. The van der Waals surface area contributed by atoms with E-state index in [0.717, 1.165) is 5.56 Å². The lowest BCUT2D eigenvalue weighted by Gasteiger charge is -2.18. The number of carbonyl (C=O) groups excluding carboxylic acids is 2. The summed E-state index contributed by atoms with van der Waals surface area (Å²) in [6.07, 6.45) is 3.73. The molecule has 3 aromatic rings. The van der Waals surface area contributed by atoms with E-state index in [0.29, 0.717) is 39.7 Å². The molecular formula is C25H17ClN2O3. The molecule has 0 radical (unpaired) electrons. The molecule has 152 valence electrons. The molecule has 5 nitrogen and oxygen atoms in total. The van der Waals surface area contributed by atoms with Gasteiger partial charge in [0, 0.05) is 34.8 Å². The molecule has 1 aliphatic rings. The van der Waals surface area contributed by atoms with Crippen molar-refractivity contribution in [1.82, 2.24) is 4.98 Å². The quantitative estimate of drug-likeness (QED) is 0.377. The Kier molecular flexibility index (Phi) is 5.83. The lowest BCUT2D eigenvalue weighted by atomic mass is 9.94. The number of anilines is 1. The Morgan fingerprint density at radius 1 is 1.13 bits per heavy atom. The maximum absolute atomic E-state index is 13.0. The number of hydrogen-bond acceptors (Lipinski definition) is 4. The van der Waals surface area contributed by atoms with Crippen molar-refractivity contribution < 1.29 is 14.3 Å². The number of halogens is 1. The van der Waals surface area contributed by atoms with Gasteiger partial charge in [-0.3, -0.25) is 9.59 Å². The minimum Gasteiger partial charge on any atom is -0.481 e. The van der Waals surface area contributed by atoms with Gasteiger partial charge in [-0.1, -0.05) is 35.6 Å². The second kappa shape index (κ2) is 8.86. The Morgan fingerprint density at radius 3 is 2.81 bits per heavy atom. The minimum atomic E-state index is -0.442.